The van der Waals surface area contributed by atoms with Crippen LogP contribution in [0.4, 0.5) is 5.82 Å². The summed E-state index contributed by atoms with van der Waals surface area (Å²) in [4.78, 5) is 26.8. The molecule has 4 rings (SSSR count). The van der Waals surface area contributed by atoms with E-state index in [2.05, 4.69) is 34.2 Å². The zero-order valence-corrected chi connectivity index (χ0v) is 19.7. The molecule has 8 heteroatoms. The highest BCUT2D eigenvalue weighted by Gasteiger charge is 2.16. The van der Waals surface area contributed by atoms with Gasteiger partial charge in [-0.25, -0.2) is 9.97 Å². The van der Waals surface area contributed by atoms with Crippen LogP contribution >= 0.6 is 11.8 Å². The van der Waals surface area contributed by atoms with Crippen LogP contribution in [-0.2, 0) is 16.9 Å². The van der Waals surface area contributed by atoms with Crippen LogP contribution in [0.2, 0.25) is 0 Å². The van der Waals surface area contributed by atoms with Crippen LogP contribution in [-0.4, -0.2) is 73.3 Å². The molecule has 2 saturated heterocycles. The normalized spacial score (nSPS) is 17.0. The maximum atomic E-state index is 12.6. The molecule has 2 aliphatic rings. The van der Waals surface area contributed by atoms with Crippen molar-refractivity contribution in [1.82, 2.24) is 20.2 Å². The number of hydrogen-bond acceptors (Lipinski definition) is 7. The third kappa shape index (κ3) is 6.43. The van der Waals surface area contributed by atoms with Crippen LogP contribution in [0.5, 0.6) is 0 Å². The highest BCUT2D eigenvalue weighted by Crippen LogP contribution is 2.25. The summed E-state index contributed by atoms with van der Waals surface area (Å²) in [5.41, 5.74) is 2.88. The average molecular weight is 456 g/mol. The second-order valence-electron chi connectivity index (χ2n) is 8.25. The summed E-state index contributed by atoms with van der Waals surface area (Å²) in [6.45, 7) is 9.21. The summed E-state index contributed by atoms with van der Waals surface area (Å²) in [5.74, 6) is 1.76. The largest absolute Gasteiger partial charge is 0.379 e. The Kier molecular flexibility index (Phi) is 8.36. The maximum Gasteiger partial charge on any atom is 0.251 e. The number of anilines is 1. The molecule has 1 amide bonds. The van der Waals surface area contributed by atoms with Crippen molar-refractivity contribution >= 4 is 23.5 Å². The highest BCUT2D eigenvalue weighted by atomic mass is 32.2. The van der Waals surface area contributed by atoms with E-state index in [1.165, 1.54) is 12.8 Å². The van der Waals surface area contributed by atoms with E-state index in [1.54, 1.807) is 11.8 Å². The Hall–Kier alpha value is -2.16. The molecule has 1 N–H and O–H groups in total. The number of rotatable bonds is 9. The number of thioether (sulfide) groups is 1. The lowest BCUT2D eigenvalue weighted by molar-refractivity contribution is 0.0383. The number of amides is 1. The number of hydrogen-bond donors (Lipinski definition) is 1. The fourth-order valence-corrected chi connectivity index (χ4v) is 4.83. The number of morpholine rings is 1. The minimum Gasteiger partial charge on any atom is -0.379 e. The van der Waals surface area contributed by atoms with Gasteiger partial charge in [-0.1, -0.05) is 30.8 Å². The molecule has 0 unspecified atom stereocenters. The zero-order chi connectivity index (χ0) is 22.2. The Morgan fingerprint density at radius 2 is 1.94 bits per heavy atom. The van der Waals surface area contributed by atoms with Gasteiger partial charge in [0.15, 0.2) is 5.16 Å². The Bertz CT molecular complexity index is 898. The van der Waals surface area contributed by atoms with Gasteiger partial charge in [0.1, 0.15) is 5.82 Å². The Morgan fingerprint density at radius 1 is 1.12 bits per heavy atom. The molecule has 32 heavy (non-hydrogen) atoms. The predicted octanol–water partition coefficient (Wildman–Crippen LogP) is 2.99. The van der Waals surface area contributed by atoms with Crippen molar-refractivity contribution in [3.63, 3.8) is 0 Å². The van der Waals surface area contributed by atoms with Crippen molar-refractivity contribution < 1.29 is 9.53 Å². The summed E-state index contributed by atoms with van der Waals surface area (Å²) < 4.78 is 5.37. The van der Waals surface area contributed by atoms with Crippen LogP contribution in [0.25, 0.3) is 0 Å². The lowest BCUT2D eigenvalue weighted by Gasteiger charge is -2.26. The van der Waals surface area contributed by atoms with Crippen molar-refractivity contribution in [3.05, 3.63) is 47.2 Å². The number of aryl methyl sites for hydroxylation is 1. The lowest BCUT2D eigenvalue weighted by atomic mass is 10.1. The molecule has 0 atom stereocenters. The summed E-state index contributed by atoms with van der Waals surface area (Å²) in [6, 6.07) is 9.98. The lowest BCUT2D eigenvalue weighted by Crippen LogP contribution is -2.41. The molecule has 2 aliphatic heterocycles. The van der Waals surface area contributed by atoms with Crippen molar-refractivity contribution in [1.29, 1.82) is 0 Å². The molecule has 0 bridgehead atoms. The molecule has 2 fully saturated rings. The maximum absolute atomic E-state index is 12.6. The number of aromatic nitrogens is 2. The molecule has 7 nitrogen and oxygen atoms in total. The Labute approximate surface area is 194 Å². The molecule has 0 aliphatic carbocycles. The fraction of sp³-hybridized carbons (Fsp3) is 0.542. The van der Waals surface area contributed by atoms with Crippen LogP contribution in [0.15, 0.2) is 35.5 Å². The van der Waals surface area contributed by atoms with E-state index in [0.29, 0.717) is 12.1 Å². The highest BCUT2D eigenvalue weighted by molar-refractivity contribution is 7.98. The predicted molar refractivity (Wildman–Crippen MR) is 128 cm³/mol. The van der Waals surface area contributed by atoms with Gasteiger partial charge in [-0.05, 0) is 37.0 Å². The quantitative estimate of drug-likeness (QED) is 0.460. The van der Waals surface area contributed by atoms with Gasteiger partial charge in [0.05, 0.1) is 13.2 Å². The Balaban J connectivity index is 1.32. The van der Waals surface area contributed by atoms with Crippen LogP contribution in [0, 0.1) is 0 Å². The second kappa shape index (κ2) is 11.6. The number of nitrogens with zero attached hydrogens (tertiary/aromatic N) is 4. The minimum absolute atomic E-state index is 0.0225. The van der Waals surface area contributed by atoms with Crippen molar-refractivity contribution in [2.45, 2.75) is 37.1 Å². The SMILES string of the molecule is CCc1cc(N2CCCC2)nc(SCc2cccc(C(=O)NCCN3CCOCC3)c2)n1. The van der Waals surface area contributed by atoms with E-state index >= 15 is 0 Å². The van der Waals surface area contributed by atoms with Gasteiger partial charge in [-0.2, -0.15) is 0 Å². The fourth-order valence-electron chi connectivity index (χ4n) is 4.02. The molecule has 172 valence electrons. The third-order valence-electron chi connectivity index (χ3n) is 5.91. The standard InChI is InChI=1S/C24H33N5O2S/c1-2-21-17-22(29-9-3-4-10-29)27-24(26-21)32-18-19-6-5-7-20(16-19)23(30)25-8-11-28-12-14-31-15-13-28/h5-7,16-17H,2-4,8-15,18H2,1H3,(H,25,30). The van der Waals surface area contributed by atoms with E-state index in [1.807, 2.05) is 18.2 Å². The van der Waals surface area contributed by atoms with Gasteiger partial charge < -0.3 is 15.0 Å². The second-order valence-corrected chi connectivity index (χ2v) is 9.19. The number of benzene rings is 1. The van der Waals surface area contributed by atoms with Gasteiger partial charge in [0.25, 0.3) is 5.91 Å². The van der Waals surface area contributed by atoms with E-state index in [9.17, 15) is 4.79 Å². The topological polar surface area (TPSA) is 70.6 Å². The number of nitrogens with one attached hydrogen (secondary N) is 1. The third-order valence-corrected chi connectivity index (χ3v) is 6.83. The summed E-state index contributed by atoms with van der Waals surface area (Å²) in [5, 5.41) is 3.85. The molecule has 0 spiro atoms. The molecule has 1 aromatic carbocycles. The first-order valence-corrected chi connectivity index (χ1v) is 12.6. The summed E-state index contributed by atoms with van der Waals surface area (Å²) >= 11 is 1.63. The molecule has 1 aromatic heterocycles. The molecule has 3 heterocycles. The minimum atomic E-state index is -0.0225. The van der Waals surface area contributed by atoms with Gasteiger partial charge in [-0.3, -0.25) is 9.69 Å². The molecular formula is C24H33N5O2S. The van der Waals surface area contributed by atoms with E-state index < -0.39 is 0 Å². The molecule has 2 aromatic rings. The number of ether oxygens (including phenoxy) is 1. The number of carbonyl (C=O) groups is 1. The van der Waals surface area contributed by atoms with Gasteiger partial charge >= 0.3 is 0 Å². The van der Waals surface area contributed by atoms with Crippen molar-refractivity contribution in [2.75, 3.05) is 57.4 Å². The van der Waals surface area contributed by atoms with Gasteiger partial charge in [-0.15, -0.1) is 0 Å². The molecular weight excluding hydrogens is 422 g/mol. The van der Waals surface area contributed by atoms with Crippen molar-refractivity contribution in [2.24, 2.45) is 0 Å². The van der Waals surface area contributed by atoms with Crippen LogP contribution in [0.3, 0.4) is 0 Å². The average Bonchev–Trinajstić information content (AvgIpc) is 3.38. The van der Waals surface area contributed by atoms with Gasteiger partial charge in [0, 0.05) is 62.3 Å². The van der Waals surface area contributed by atoms with Gasteiger partial charge in [0.2, 0.25) is 0 Å². The smallest absolute Gasteiger partial charge is 0.251 e. The first-order chi connectivity index (χ1) is 15.7. The number of carbonyl (C=O) groups excluding carboxylic acids is 1. The summed E-state index contributed by atoms with van der Waals surface area (Å²) in [6.07, 6.45) is 3.36. The van der Waals surface area contributed by atoms with Crippen LogP contribution in [0.1, 0.15) is 41.4 Å². The first-order valence-electron chi connectivity index (χ1n) is 11.6. The molecule has 0 saturated carbocycles. The molecule has 0 radical (unpaired) electrons. The monoisotopic (exact) mass is 455 g/mol. The van der Waals surface area contributed by atoms with E-state index in [4.69, 9.17) is 14.7 Å². The zero-order valence-electron chi connectivity index (χ0n) is 18.9. The summed E-state index contributed by atoms with van der Waals surface area (Å²) in [7, 11) is 0. The first kappa shape index (κ1) is 23.0. The van der Waals surface area contributed by atoms with Crippen LogP contribution < -0.4 is 10.2 Å². The van der Waals surface area contributed by atoms with Crippen molar-refractivity contribution in [3.8, 4) is 0 Å². The Morgan fingerprint density at radius 3 is 2.72 bits per heavy atom. The van der Waals surface area contributed by atoms with E-state index in [-0.39, 0.29) is 5.91 Å². The van der Waals surface area contributed by atoms with E-state index in [0.717, 1.165) is 80.3 Å².